The van der Waals surface area contributed by atoms with Crippen LogP contribution in [-0.4, -0.2) is 54.9 Å². The minimum atomic E-state index is -0.442. The van der Waals surface area contributed by atoms with Crippen molar-refractivity contribution in [3.8, 4) is 5.88 Å². The molecule has 1 unspecified atom stereocenters. The number of hydrogen-bond donors (Lipinski definition) is 0. The monoisotopic (exact) mass is 333 g/mol. The highest BCUT2D eigenvalue weighted by atomic mass is 16.6. The molecule has 1 aromatic heterocycles. The SMILES string of the molecule is COc1cc(N2CCC3(CCN(C(=O)OC(C)(C)C)C3)C2)ccn1. The van der Waals surface area contributed by atoms with Crippen molar-refractivity contribution in [3.63, 3.8) is 0 Å². The molecule has 132 valence electrons. The molecule has 2 fully saturated rings. The van der Waals surface area contributed by atoms with Crippen LogP contribution in [0.4, 0.5) is 10.5 Å². The van der Waals surface area contributed by atoms with Gasteiger partial charge in [-0.05, 0) is 39.7 Å². The van der Waals surface area contributed by atoms with E-state index in [4.69, 9.17) is 9.47 Å². The van der Waals surface area contributed by atoms with Gasteiger partial charge in [0.15, 0.2) is 0 Å². The molecule has 2 aliphatic rings. The van der Waals surface area contributed by atoms with Crippen molar-refractivity contribution in [2.45, 2.75) is 39.2 Å². The Morgan fingerprint density at radius 2 is 2.00 bits per heavy atom. The lowest BCUT2D eigenvalue weighted by molar-refractivity contribution is 0.0276. The summed E-state index contributed by atoms with van der Waals surface area (Å²) in [7, 11) is 1.63. The fourth-order valence-electron chi connectivity index (χ4n) is 3.61. The number of nitrogens with zero attached hydrogens (tertiary/aromatic N) is 3. The van der Waals surface area contributed by atoms with Gasteiger partial charge in [0, 0.05) is 49.5 Å². The molecule has 0 aliphatic carbocycles. The Hall–Kier alpha value is -1.98. The Morgan fingerprint density at radius 3 is 2.71 bits per heavy atom. The zero-order valence-electron chi connectivity index (χ0n) is 15.0. The first kappa shape index (κ1) is 16.9. The summed E-state index contributed by atoms with van der Waals surface area (Å²) in [5.74, 6) is 0.634. The normalized spacial score (nSPS) is 23.8. The second-order valence-electron chi connectivity index (χ2n) is 7.88. The van der Waals surface area contributed by atoms with Crippen LogP contribution in [0.25, 0.3) is 0 Å². The number of hydrogen-bond acceptors (Lipinski definition) is 5. The summed E-state index contributed by atoms with van der Waals surface area (Å²) < 4.78 is 10.7. The van der Waals surface area contributed by atoms with Crippen LogP contribution in [-0.2, 0) is 4.74 Å². The van der Waals surface area contributed by atoms with Crippen LogP contribution in [0.1, 0.15) is 33.6 Å². The van der Waals surface area contributed by atoms with Gasteiger partial charge < -0.3 is 19.3 Å². The highest BCUT2D eigenvalue weighted by molar-refractivity contribution is 5.68. The van der Waals surface area contributed by atoms with Gasteiger partial charge in [0.2, 0.25) is 5.88 Å². The van der Waals surface area contributed by atoms with Gasteiger partial charge >= 0.3 is 6.09 Å². The van der Waals surface area contributed by atoms with E-state index in [1.807, 2.05) is 37.8 Å². The molecule has 1 atom stereocenters. The summed E-state index contributed by atoms with van der Waals surface area (Å²) in [6.07, 6.45) is 3.71. The summed E-state index contributed by atoms with van der Waals surface area (Å²) in [6, 6.07) is 3.99. The van der Waals surface area contributed by atoms with E-state index in [0.717, 1.165) is 44.7 Å². The van der Waals surface area contributed by atoms with Crippen molar-refractivity contribution in [2.24, 2.45) is 5.41 Å². The first-order valence-corrected chi connectivity index (χ1v) is 8.53. The molecule has 0 aromatic carbocycles. The summed E-state index contributed by atoms with van der Waals surface area (Å²) >= 11 is 0. The standard InChI is InChI=1S/C18H27N3O3/c1-17(2,3)24-16(22)21-10-7-18(13-21)6-9-20(12-18)14-5-8-19-15(11-14)23-4/h5,8,11H,6-7,9-10,12-13H2,1-4H3. The maximum atomic E-state index is 12.3. The van der Waals surface area contributed by atoms with Crippen molar-refractivity contribution in [2.75, 3.05) is 38.2 Å². The third-order valence-corrected chi connectivity index (χ3v) is 4.82. The van der Waals surface area contributed by atoms with E-state index in [0.29, 0.717) is 5.88 Å². The van der Waals surface area contributed by atoms with E-state index < -0.39 is 5.60 Å². The fourth-order valence-corrected chi connectivity index (χ4v) is 3.61. The third kappa shape index (κ3) is 3.57. The number of carbonyl (C=O) groups is 1. The number of ether oxygens (including phenoxy) is 2. The number of carbonyl (C=O) groups excluding carboxylic acids is 1. The van der Waals surface area contributed by atoms with E-state index in [9.17, 15) is 4.79 Å². The van der Waals surface area contributed by atoms with E-state index in [2.05, 4.69) is 9.88 Å². The molecule has 0 N–H and O–H groups in total. The van der Waals surface area contributed by atoms with E-state index in [-0.39, 0.29) is 11.5 Å². The van der Waals surface area contributed by atoms with Crippen molar-refractivity contribution >= 4 is 11.8 Å². The lowest BCUT2D eigenvalue weighted by Crippen LogP contribution is -2.37. The largest absolute Gasteiger partial charge is 0.481 e. The second-order valence-corrected chi connectivity index (χ2v) is 7.88. The molecular formula is C18H27N3O3. The average molecular weight is 333 g/mol. The molecule has 3 rings (SSSR count). The van der Waals surface area contributed by atoms with Crippen LogP contribution in [0.3, 0.4) is 0 Å². The number of pyridine rings is 1. The van der Waals surface area contributed by atoms with Gasteiger partial charge in [-0.3, -0.25) is 0 Å². The lowest BCUT2D eigenvalue weighted by atomic mass is 9.86. The topological polar surface area (TPSA) is 54.9 Å². The number of methoxy groups -OCH3 is 1. The summed E-state index contributed by atoms with van der Waals surface area (Å²) in [5.41, 5.74) is 0.865. The Balaban J connectivity index is 1.64. The summed E-state index contributed by atoms with van der Waals surface area (Å²) in [5, 5.41) is 0. The van der Waals surface area contributed by atoms with Crippen molar-refractivity contribution in [1.82, 2.24) is 9.88 Å². The molecular weight excluding hydrogens is 306 g/mol. The Labute approximate surface area is 143 Å². The number of likely N-dealkylation sites (tertiary alicyclic amines) is 1. The zero-order valence-corrected chi connectivity index (χ0v) is 15.0. The van der Waals surface area contributed by atoms with Crippen LogP contribution in [0.5, 0.6) is 5.88 Å². The molecule has 0 radical (unpaired) electrons. The fraction of sp³-hybridized carbons (Fsp3) is 0.667. The molecule has 1 spiro atoms. The van der Waals surface area contributed by atoms with Gasteiger partial charge in [-0.15, -0.1) is 0 Å². The number of anilines is 1. The van der Waals surface area contributed by atoms with Gasteiger partial charge in [0.1, 0.15) is 5.60 Å². The molecule has 3 heterocycles. The maximum Gasteiger partial charge on any atom is 0.410 e. The Morgan fingerprint density at radius 1 is 1.25 bits per heavy atom. The minimum absolute atomic E-state index is 0.174. The minimum Gasteiger partial charge on any atom is -0.481 e. The molecule has 2 aliphatic heterocycles. The van der Waals surface area contributed by atoms with E-state index in [1.165, 1.54) is 0 Å². The number of amides is 1. The van der Waals surface area contributed by atoms with Gasteiger partial charge in [0.05, 0.1) is 7.11 Å². The first-order valence-electron chi connectivity index (χ1n) is 8.53. The molecule has 1 aromatic rings. The molecule has 1 amide bonds. The predicted molar refractivity (Wildman–Crippen MR) is 92.5 cm³/mol. The Kier molecular flexibility index (Phi) is 4.32. The smallest absolute Gasteiger partial charge is 0.410 e. The third-order valence-electron chi connectivity index (χ3n) is 4.82. The summed E-state index contributed by atoms with van der Waals surface area (Å²) in [4.78, 5) is 20.7. The molecule has 24 heavy (non-hydrogen) atoms. The highest BCUT2D eigenvalue weighted by Crippen LogP contribution is 2.41. The van der Waals surface area contributed by atoms with Gasteiger partial charge in [-0.25, -0.2) is 9.78 Å². The Bertz CT molecular complexity index is 614. The first-order chi connectivity index (χ1) is 11.3. The predicted octanol–water partition coefficient (Wildman–Crippen LogP) is 2.93. The van der Waals surface area contributed by atoms with Gasteiger partial charge in [-0.2, -0.15) is 0 Å². The number of rotatable bonds is 2. The molecule has 0 bridgehead atoms. The maximum absolute atomic E-state index is 12.3. The summed E-state index contributed by atoms with van der Waals surface area (Å²) in [6.45, 7) is 9.23. The van der Waals surface area contributed by atoms with Crippen LogP contribution < -0.4 is 9.64 Å². The van der Waals surface area contributed by atoms with E-state index >= 15 is 0 Å². The van der Waals surface area contributed by atoms with Crippen LogP contribution in [0, 0.1) is 5.41 Å². The second kappa shape index (κ2) is 6.15. The van der Waals surface area contributed by atoms with Gasteiger partial charge in [-0.1, -0.05) is 0 Å². The molecule has 6 heteroatoms. The van der Waals surface area contributed by atoms with Crippen molar-refractivity contribution < 1.29 is 14.3 Å². The van der Waals surface area contributed by atoms with Crippen LogP contribution >= 0.6 is 0 Å². The van der Waals surface area contributed by atoms with Gasteiger partial charge in [0.25, 0.3) is 0 Å². The molecule has 2 saturated heterocycles. The average Bonchev–Trinajstić information content (AvgIpc) is 3.14. The lowest BCUT2D eigenvalue weighted by Gasteiger charge is -2.27. The van der Waals surface area contributed by atoms with Crippen molar-refractivity contribution in [3.05, 3.63) is 18.3 Å². The van der Waals surface area contributed by atoms with Crippen LogP contribution in [0.15, 0.2) is 18.3 Å². The zero-order chi connectivity index (χ0) is 17.4. The van der Waals surface area contributed by atoms with Crippen molar-refractivity contribution in [1.29, 1.82) is 0 Å². The molecule has 0 saturated carbocycles. The van der Waals surface area contributed by atoms with E-state index in [1.54, 1.807) is 13.3 Å². The molecule has 6 nitrogen and oxygen atoms in total. The highest BCUT2D eigenvalue weighted by Gasteiger charge is 2.45. The van der Waals surface area contributed by atoms with Crippen LogP contribution in [0.2, 0.25) is 0 Å². The number of aromatic nitrogens is 1. The quantitative estimate of drug-likeness (QED) is 0.833.